The second-order valence-electron chi connectivity index (χ2n) is 6.89. The Hall–Kier alpha value is -0.590. The number of hydrogen-bond donors (Lipinski definition) is 1. The van der Waals surface area contributed by atoms with Crippen molar-refractivity contribution >= 4 is 0 Å². The molecule has 1 saturated carbocycles. The Labute approximate surface area is 118 Å². The van der Waals surface area contributed by atoms with Gasteiger partial charge in [0.15, 0.2) is 0 Å². The summed E-state index contributed by atoms with van der Waals surface area (Å²) in [7, 11) is 1.94. The summed E-state index contributed by atoms with van der Waals surface area (Å²) < 4.78 is 0. The highest BCUT2D eigenvalue weighted by molar-refractivity contribution is 5.10. The smallest absolute Gasteiger partial charge is 0.108 e. The molecule has 19 heavy (non-hydrogen) atoms. The monoisotopic (exact) mass is 263 g/mol. The summed E-state index contributed by atoms with van der Waals surface area (Å²) in [6, 6.07) is 3.14. The van der Waals surface area contributed by atoms with E-state index in [-0.39, 0.29) is 5.54 Å². The van der Waals surface area contributed by atoms with Crippen LogP contribution in [0.1, 0.15) is 58.8 Å². The van der Waals surface area contributed by atoms with E-state index >= 15 is 0 Å². The molecule has 3 heteroatoms. The van der Waals surface area contributed by atoms with Crippen LogP contribution in [0.5, 0.6) is 0 Å². The van der Waals surface area contributed by atoms with E-state index in [9.17, 15) is 5.26 Å². The van der Waals surface area contributed by atoms with E-state index in [1.807, 2.05) is 7.05 Å². The zero-order chi connectivity index (χ0) is 13.9. The average molecular weight is 263 g/mol. The lowest BCUT2D eigenvalue weighted by molar-refractivity contribution is 0.0523. The van der Waals surface area contributed by atoms with Gasteiger partial charge in [-0.3, -0.25) is 0 Å². The first-order valence-corrected chi connectivity index (χ1v) is 7.91. The highest BCUT2D eigenvalue weighted by Gasteiger charge is 2.39. The first kappa shape index (κ1) is 14.8. The second kappa shape index (κ2) is 5.81. The predicted molar refractivity (Wildman–Crippen MR) is 78.9 cm³/mol. The van der Waals surface area contributed by atoms with Gasteiger partial charge in [0.05, 0.1) is 6.07 Å². The summed E-state index contributed by atoms with van der Waals surface area (Å²) in [5.41, 5.74) is 0.287. The van der Waals surface area contributed by atoms with Crippen LogP contribution in [0.25, 0.3) is 0 Å². The number of nitriles is 1. The Bertz CT molecular complexity index is 338. The van der Waals surface area contributed by atoms with E-state index in [2.05, 4.69) is 30.1 Å². The molecule has 3 nitrogen and oxygen atoms in total. The normalized spacial score (nSPS) is 35.8. The summed E-state index contributed by atoms with van der Waals surface area (Å²) in [4.78, 5) is 2.65. The summed E-state index contributed by atoms with van der Waals surface area (Å²) in [5, 5.41) is 12.7. The number of piperidine rings is 1. The van der Waals surface area contributed by atoms with Gasteiger partial charge in [-0.15, -0.1) is 0 Å². The Balaban J connectivity index is 1.95. The van der Waals surface area contributed by atoms with Crippen molar-refractivity contribution in [2.45, 2.75) is 70.4 Å². The van der Waals surface area contributed by atoms with Crippen LogP contribution in [0.15, 0.2) is 0 Å². The Kier molecular flexibility index (Phi) is 4.53. The van der Waals surface area contributed by atoms with Crippen LogP contribution >= 0.6 is 0 Å². The maximum Gasteiger partial charge on any atom is 0.108 e. The minimum absolute atomic E-state index is 0.269. The van der Waals surface area contributed by atoms with Crippen molar-refractivity contribution in [3.05, 3.63) is 0 Å². The van der Waals surface area contributed by atoms with Gasteiger partial charge >= 0.3 is 0 Å². The lowest BCUT2D eigenvalue weighted by atomic mass is 9.75. The Morgan fingerprint density at radius 3 is 2.53 bits per heavy atom. The molecule has 2 unspecified atom stereocenters. The third kappa shape index (κ3) is 3.12. The molecule has 0 bridgehead atoms. The van der Waals surface area contributed by atoms with Crippen LogP contribution in [0.2, 0.25) is 0 Å². The van der Waals surface area contributed by atoms with Crippen LogP contribution < -0.4 is 5.32 Å². The van der Waals surface area contributed by atoms with E-state index in [0.29, 0.717) is 11.5 Å². The van der Waals surface area contributed by atoms with Crippen LogP contribution in [-0.2, 0) is 0 Å². The molecule has 0 amide bonds. The molecule has 1 aliphatic carbocycles. The molecule has 2 atom stereocenters. The number of likely N-dealkylation sites (tertiary alicyclic amines) is 1. The first-order chi connectivity index (χ1) is 9.06. The standard InChI is InChI=1S/C16H29N3/c1-4-15(2)8-10-19(11-9-15)14-6-5-7-16(12-14,13-17)18-3/h14,18H,4-12H2,1-3H3. The lowest BCUT2D eigenvalue weighted by Crippen LogP contribution is -2.53. The molecule has 2 aliphatic rings. The van der Waals surface area contributed by atoms with Gasteiger partial charge in [-0.2, -0.15) is 5.26 Å². The highest BCUT2D eigenvalue weighted by atomic mass is 15.2. The minimum atomic E-state index is -0.269. The van der Waals surface area contributed by atoms with Crippen LogP contribution in [0.4, 0.5) is 0 Å². The van der Waals surface area contributed by atoms with Crippen molar-refractivity contribution in [3.63, 3.8) is 0 Å². The highest BCUT2D eigenvalue weighted by Crippen LogP contribution is 2.38. The lowest BCUT2D eigenvalue weighted by Gasteiger charge is -2.46. The molecule has 108 valence electrons. The molecule has 0 aromatic carbocycles. The zero-order valence-electron chi connectivity index (χ0n) is 12.8. The zero-order valence-corrected chi connectivity index (χ0v) is 12.8. The fourth-order valence-corrected chi connectivity index (χ4v) is 3.72. The third-order valence-electron chi connectivity index (χ3n) is 5.79. The van der Waals surface area contributed by atoms with Gasteiger partial charge in [0.25, 0.3) is 0 Å². The van der Waals surface area contributed by atoms with Crippen LogP contribution in [0, 0.1) is 16.7 Å². The summed E-state index contributed by atoms with van der Waals surface area (Å²) >= 11 is 0. The third-order valence-corrected chi connectivity index (χ3v) is 5.79. The minimum Gasteiger partial charge on any atom is -0.302 e. The predicted octanol–water partition coefficient (Wildman–Crippen LogP) is 2.92. The average Bonchev–Trinajstić information content (AvgIpc) is 2.48. The largest absolute Gasteiger partial charge is 0.302 e. The van der Waals surface area contributed by atoms with Gasteiger partial charge in [0.1, 0.15) is 5.54 Å². The van der Waals surface area contributed by atoms with E-state index in [4.69, 9.17) is 0 Å². The number of hydrogen-bond acceptors (Lipinski definition) is 3. The molecule has 1 N–H and O–H groups in total. The van der Waals surface area contributed by atoms with Gasteiger partial charge in [-0.25, -0.2) is 0 Å². The maximum atomic E-state index is 9.45. The van der Waals surface area contributed by atoms with Gasteiger partial charge in [-0.05, 0) is 64.1 Å². The van der Waals surface area contributed by atoms with Crippen LogP contribution in [-0.4, -0.2) is 36.6 Å². The van der Waals surface area contributed by atoms with E-state index in [1.165, 1.54) is 45.2 Å². The number of nitrogens with zero attached hydrogens (tertiary/aromatic N) is 2. The second-order valence-corrected chi connectivity index (χ2v) is 6.89. The van der Waals surface area contributed by atoms with E-state index in [1.54, 1.807) is 0 Å². The van der Waals surface area contributed by atoms with E-state index < -0.39 is 0 Å². The molecule has 2 fully saturated rings. The maximum absolute atomic E-state index is 9.45. The SMILES string of the molecule is CCC1(C)CCN(C2CCCC(C#N)(NC)C2)CC1. The van der Waals surface area contributed by atoms with E-state index in [0.717, 1.165) is 12.8 Å². The van der Waals surface area contributed by atoms with Crippen molar-refractivity contribution in [2.75, 3.05) is 20.1 Å². The fourth-order valence-electron chi connectivity index (χ4n) is 3.72. The van der Waals surface area contributed by atoms with Crippen molar-refractivity contribution < 1.29 is 0 Å². The first-order valence-electron chi connectivity index (χ1n) is 7.91. The number of nitrogens with one attached hydrogen (secondary N) is 1. The van der Waals surface area contributed by atoms with Gasteiger partial charge < -0.3 is 10.2 Å². The molecule has 1 heterocycles. The molecule has 0 aromatic heterocycles. The van der Waals surface area contributed by atoms with Crippen molar-refractivity contribution in [2.24, 2.45) is 5.41 Å². The van der Waals surface area contributed by atoms with Crippen molar-refractivity contribution in [1.82, 2.24) is 10.2 Å². The molecule has 1 saturated heterocycles. The Morgan fingerprint density at radius 1 is 1.32 bits per heavy atom. The molecular weight excluding hydrogens is 234 g/mol. The quantitative estimate of drug-likeness (QED) is 0.851. The topological polar surface area (TPSA) is 39.1 Å². The molecule has 0 aromatic rings. The molecular formula is C16H29N3. The molecule has 1 aliphatic heterocycles. The fraction of sp³-hybridized carbons (Fsp3) is 0.938. The number of rotatable bonds is 3. The van der Waals surface area contributed by atoms with Crippen molar-refractivity contribution in [3.8, 4) is 6.07 Å². The molecule has 2 rings (SSSR count). The summed E-state index contributed by atoms with van der Waals surface area (Å²) in [5.74, 6) is 0. The Morgan fingerprint density at radius 2 is 2.00 bits per heavy atom. The van der Waals surface area contributed by atoms with Crippen LogP contribution in [0.3, 0.4) is 0 Å². The summed E-state index contributed by atoms with van der Waals surface area (Å²) in [6.07, 6.45) is 8.40. The van der Waals surface area contributed by atoms with Gasteiger partial charge in [0, 0.05) is 6.04 Å². The molecule has 0 radical (unpaired) electrons. The summed E-state index contributed by atoms with van der Waals surface area (Å²) in [6.45, 7) is 7.19. The van der Waals surface area contributed by atoms with Crippen molar-refractivity contribution in [1.29, 1.82) is 5.26 Å². The van der Waals surface area contributed by atoms with Gasteiger partial charge in [0.2, 0.25) is 0 Å². The molecule has 0 spiro atoms. The van der Waals surface area contributed by atoms with Gasteiger partial charge in [-0.1, -0.05) is 20.3 Å².